The molecule has 1 N–H and O–H groups in total. The Hall–Kier alpha value is -4.02. The lowest BCUT2D eigenvalue weighted by Crippen LogP contribution is -2.03. The van der Waals surface area contributed by atoms with E-state index >= 15 is 0 Å². The van der Waals surface area contributed by atoms with Gasteiger partial charge in [0, 0.05) is 0 Å². The average Bonchev–Trinajstić information content (AvgIpc) is 3.03. The summed E-state index contributed by atoms with van der Waals surface area (Å²) in [7, 11) is -7.26. The summed E-state index contributed by atoms with van der Waals surface area (Å²) in [6.07, 6.45) is 6.01. The summed E-state index contributed by atoms with van der Waals surface area (Å²) in [6.45, 7) is 3.51. The van der Waals surface area contributed by atoms with Crippen LogP contribution in [0.1, 0.15) is 45.4 Å². The van der Waals surface area contributed by atoms with Crippen LogP contribution in [0.25, 0.3) is 0 Å². The zero-order valence-electron chi connectivity index (χ0n) is 24.7. The van der Waals surface area contributed by atoms with Gasteiger partial charge >= 0.3 is 0 Å². The summed E-state index contributed by atoms with van der Waals surface area (Å²) in [6, 6.07) is 24.7. The number of ether oxygens (including phenoxy) is 3. The van der Waals surface area contributed by atoms with E-state index in [2.05, 4.69) is 0 Å². The highest BCUT2D eigenvalue weighted by Gasteiger charge is 2.18. The third-order valence-electron chi connectivity index (χ3n) is 6.94. The van der Waals surface area contributed by atoms with Gasteiger partial charge in [0.1, 0.15) is 23.0 Å². The Kier molecular flexibility index (Phi) is 11.7. The Morgan fingerprint density at radius 1 is 0.455 bits per heavy atom. The first-order chi connectivity index (χ1) is 21.2. The minimum atomic E-state index is -3.65. The van der Waals surface area contributed by atoms with Crippen LogP contribution in [0.4, 0.5) is 0 Å². The van der Waals surface area contributed by atoms with Crippen LogP contribution in [0.15, 0.2) is 117 Å². The monoisotopic (exact) mass is 638 g/mol. The highest BCUT2D eigenvalue weighted by Crippen LogP contribution is 2.26. The number of phenols is 1. The molecule has 0 saturated heterocycles. The van der Waals surface area contributed by atoms with Gasteiger partial charge in [-0.2, -0.15) is 0 Å². The summed E-state index contributed by atoms with van der Waals surface area (Å²) < 4.78 is 68.2. The number of phenolic OH excluding ortho intramolecular Hbond substituents is 1. The lowest BCUT2D eigenvalue weighted by Gasteiger charge is -2.09. The molecular formula is C34H38O8S2. The zero-order valence-corrected chi connectivity index (χ0v) is 26.4. The van der Waals surface area contributed by atoms with Crippen LogP contribution >= 0.6 is 0 Å². The molecule has 0 spiro atoms. The van der Waals surface area contributed by atoms with Crippen LogP contribution in [-0.4, -0.2) is 41.8 Å². The summed E-state index contributed by atoms with van der Waals surface area (Å²) in [5, 5.41) is 9.39. The molecule has 0 aliphatic heterocycles. The summed E-state index contributed by atoms with van der Waals surface area (Å²) >= 11 is 0. The van der Waals surface area contributed by atoms with Crippen LogP contribution in [0.2, 0.25) is 0 Å². The summed E-state index contributed by atoms with van der Waals surface area (Å²) in [5.41, 5.74) is 0. The van der Waals surface area contributed by atoms with Gasteiger partial charge in [0.2, 0.25) is 19.7 Å². The predicted molar refractivity (Wildman–Crippen MR) is 168 cm³/mol. The first kappa shape index (κ1) is 32.9. The topological polar surface area (TPSA) is 116 Å². The van der Waals surface area contributed by atoms with Crippen LogP contribution in [0.3, 0.4) is 0 Å². The van der Waals surface area contributed by atoms with E-state index in [9.17, 15) is 21.9 Å². The maximum absolute atomic E-state index is 12.9. The molecule has 0 radical (unpaired) electrons. The third kappa shape index (κ3) is 9.00. The minimum Gasteiger partial charge on any atom is -0.508 e. The number of hydrogen-bond acceptors (Lipinski definition) is 8. The summed E-state index contributed by atoms with van der Waals surface area (Å²) in [5.74, 6) is 1.90. The standard InChI is InChI=1S/C34H38O8S2/c1-2-40-28-11-19-32(20-12-28)44(38,39)34-23-15-30(16-24-34)42-26-8-6-4-3-5-7-25-41-29-13-21-33(22-14-29)43(36,37)31-17-9-27(35)10-18-31/h9-24,35H,2-8,25-26H2,1H3. The molecule has 0 unspecified atom stereocenters. The van der Waals surface area contributed by atoms with Crippen molar-refractivity contribution in [3.05, 3.63) is 97.1 Å². The molecule has 0 aliphatic carbocycles. The Labute approximate surface area is 260 Å². The molecule has 0 atom stereocenters. The largest absolute Gasteiger partial charge is 0.508 e. The maximum atomic E-state index is 12.9. The van der Waals surface area contributed by atoms with E-state index in [4.69, 9.17) is 14.2 Å². The molecule has 10 heteroatoms. The summed E-state index contributed by atoms with van der Waals surface area (Å²) in [4.78, 5) is 0.729. The molecule has 0 fully saturated rings. The van der Waals surface area contributed by atoms with Crippen LogP contribution in [0, 0.1) is 0 Å². The lowest BCUT2D eigenvalue weighted by atomic mass is 10.1. The third-order valence-corrected chi connectivity index (χ3v) is 10.5. The quantitative estimate of drug-likeness (QED) is 0.120. The Morgan fingerprint density at radius 3 is 1.09 bits per heavy atom. The Balaban J connectivity index is 1.08. The van der Waals surface area contributed by atoms with Crippen molar-refractivity contribution in [3.63, 3.8) is 0 Å². The van der Waals surface area contributed by atoms with Gasteiger partial charge in [-0.1, -0.05) is 25.7 Å². The van der Waals surface area contributed by atoms with Gasteiger partial charge in [-0.25, -0.2) is 16.8 Å². The van der Waals surface area contributed by atoms with Gasteiger partial charge in [-0.3, -0.25) is 0 Å². The number of benzene rings is 4. The lowest BCUT2D eigenvalue weighted by molar-refractivity contribution is 0.297. The normalized spacial score (nSPS) is 11.7. The second-order valence-corrected chi connectivity index (χ2v) is 14.1. The fourth-order valence-electron chi connectivity index (χ4n) is 4.50. The van der Waals surface area contributed by atoms with Crippen LogP contribution in [0.5, 0.6) is 23.0 Å². The van der Waals surface area contributed by atoms with E-state index in [-0.39, 0.29) is 25.3 Å². The Bertz CT molecular complexity index is 1660. The smallest absolute Gasteiger partial charge is 0.206 e. The second-order valence-electron chi connectivity index (χ2n) is 10.2. The van der Waals surface area contributed by atoms with Crippen LogP contribution in [-0.2, 0) is 19.7 Å². The fourth-order valence-corrected chi connectivity index (χ4v) is 7.02. The van der Waals surface area contributed by atoms with E-state index in [0.29, 0.717) is 37.1 Å². The minimum absolute atomic E-state index is 0.0128. The Morgan fingerprint density at radius 2 is 0.750 bits per heavy atom. The van der Waals surface area contributed by atoms with Crippen molar-refractivity contribution < 1.29 is 36.2 Å². The maximum Gasteiger partial charge on any atom is 0.206 e. The van der Waals surface area contributed by atoms with E-state index in [1.807, 2.05) is 6.92 Å². The van der Waals surface area contributed by atoms with Crippen molar-refractivity contribution in [2.24, 2.45) is 0 Å². The van der Waals surface area contributed by atoms with E-state index in [1.165, 1.54) is 36.4 Å². The molecule has 4 aromatic rings. The molecule has 4 aromatic carbocycles. The zero-order chi connectivity index (χ0) is 31.4. The molecule has 0 amide bonds. The molecular weight excluding hydrogens is 601 g/mol. The van der Waals surface area contributed by atoms with Crippen molar-refractivity contribution in [2.45, 2.75) is 65.0 Å². The number of sulfone groups is 2. The molecule has 8 nitrogen and oxygen atoms in total. The second kappa shape index (κ2) is 15.6. The van der Waals surface area contributed by atoms with Gasteiger partial charge in [-0.05, 0) is 117 Å². The van der Waals surface area contributed by atoms with Gasteiger partial charge in [0.05, 0.1) is 39.4 Å². The number of unbranched alkanes of at least 4 members (excludes halogenated alkanes) is 5. The van der Waals surface area contributed by atoms with Gasteiger partial charge in [-0.15, -0.1) is 0 Å². The first-order valence-corrected chi connectivity index (χ1v) is 17.6. The molecule has 0 saturated carbocycles. The van der Waals surface area contributed by atoms with Crippen molar-refractivity contribution in [1.29, 1.82) is 0 Å². The molecule has 234 valence electrons. The first-order valence-electron chi connectivity index (χ1n) is 14.7. The fraction of sp³-hybridized carbons (Fsp3) is 0.294. The highest BCUT2D eigenvalue weighted by atomic mass is 32.2. The predicted octanol–water partition coefficient (Wildman–Crippen LogP) is 7.25. The molecule has 4 rings (SSSR count). The van der Waals surface area contributed by atoms with E-state index < -0.39 is 19.7 Å². The van der Waals surface area contributed by atoms with E-state index in [0.717, 1.165) is 38.5 Å². The van der Waals surface area contributed by atoms with Crippen LogP contribution < -0.4 is 14.2 Å². The number of hydrogen-bond donors (Lipinski definition) is 1. The number of rotatable bonds is 17. The molecule has 0 heterocycles. The highest BCUT2D eigenvalue weighted by molar-refractivity contribution is 7.91. The molecule has 0 bridgehead atoms. The van der Waals surface area contributed by atoms with Crippen molar-refractivity contribution in [3.8, 4) is 23.0 Å². The van der Waals surface area contributed by atoms with Crippen molar-refractivity contribution in [2.75, 3.05) is 19.8 Å². The SMILES string of the molecule is CCOc1ccc(S(=O)(=O)c2ccc(OCCCCCCCCOc3ccc(S(=O)(=O)c4ccc(O)cc4)cc3)cc2)cc1. The van der Waals surface area contributed by atoms with Gasteiger partial charge < -0.3 is 19.3 Å². The average molecular weight is 639 g/mol. The molecule has 44 heavy (non-hydrogen) atoms. The number of aromatic hydroxyl groups is 1. The molecule has 0 aliphatic rings. The molecule has 0 aromatic heterocycles. The van der Waals surface area contributed by atoms with Crippen molar-refractivity contribution >= 4 is 19.7 Å². The van der Waals surface area contributed by atoms with E-state index in [1.54, 1.807) is 60.7 Å². The van der Waals surface area contributed by atoms with Crippen molar-refractivity contribution in [1.82, 2.24) is 0 Å². The van der Waals surface area contributed by atoms with Gasteiger partial charge in [0.15, 0.2) is 0 Å². The van der Waals surface area contributed by atoms with Gasteiger partial charge in [0.25, 0.3) is 0 Å².